The van der Waals surface area contributed by atoms with Gasteiger partial charge >= 0.3 is 0 Å². The van der Waals surface area contributed by atoms with E-state index in [0.717, 1.165) is 43.2 Å². The van der Waals surface area contributed by atoms with Gasteiger partial charge in [-0.05, 0) is 43.1 Å². The smallest absolute Gasteiger partial charge is 0.160 e. The first-order chi connectivity index (χ1) is 13.8. The summed E-state index contributed by atoms with van der Waals surface area (Å²) in [5, 5.41) is 13.2. The lowest BCUT2D eigenvalue weighted by molar-refractivity contribution is 0.196. The Kier molecular flexibility index (Phi) is 4.41. The van der Waals surface area contributed by atoms with E-state index in [-0.39, 0.29) is 0 Å². The fourth-order valence-corrected chi connectivity index (χ4v) is 4.34. The molecule has 28 heavy (non-hydrogen) atoms. The maximum Gasteiger partial charge on any atom is 0.160 e. The summed E-state index contributed by atoms with van der Waals surface area (Å²) in [6.07, 6.45) is 6.27. The molecule has 1 aliphatic heterocycles. The van der Waals surface area contributed by atoms with Crippen LogP contribution in [0.3, 0.4) is 0 Å². The van der Waals surface area contributed by atoms with E-state index in [0.29, 0.717) is 5.92 Å². The molecule has 1 fully saturated rings. The number of pyridine rings is 1. The van der Waals surface area contributed by atoms with Crippen LogP contribution in [-0.2, 0) is 13.6 Å². The van der Waals surface area contributed by atoms with Crippen LogP contribution in [-0.4, -0.2) is 42.4 Å². The molecule has 0 radical (unpaired) electrons. The predicted molar refractivity (Wildman–Crippen MR) is 109 cm³/mol. The molecule has 1 aromatic carbocycles. The van der Waals surface area contributed by atoms with Crippen LogP contribution in [0, 0.1) is 0 Å². The number of hydrogen-bond acceptors (Lipinski definition) is 4. The molecule has 1 atom stereocenters. The Morgan fingerprint density at radius 1 is 1.04 bits per heavy atom. The number of benzene rings is 1. The van der Waals surface area contributed by atoms with Gasteiger partial charge in [-0.2, -0.15) is 5.10 Å². The first kappa shape index (κ1) is 17.1. The van der Waals surface area contributed by atoms with Gasteiger partial charge in [0.2, 0.25) is 0 Å². The van der Waals surface area contributed by atoms with E-state index in [1.807, 2.05) is 36.1 Å². The highest BCUT2D eigenvalue weighted by molar-refractivity contribution is 5.63. The summed E-state index contributed by atoms with van der Waals surface area (Å²) in [6.45, 7) is 3.07. The van der Waals surface area contributed by atoms with Crippen LogP contribution in [0.4, 0.5) is 0 Å². The predicted octanol–water partition coefficient (Wildman–Crippen LogP) is 3.51. The van der Waals surface area contributed by atoms with Crippen molar-refractivity contribution in [2.75, 3.05) is 13.1 Å². The van der Waals surface area contributed by atoms with Crippen molar-refractivity contribution in [3.63, 3.8) is 0 Å². The van der Waals surface area contributed by atoms with Crippen LogP contribution < -0.4 is 0 Å². The summed E-state index contributed by atoms with van der Waals surface area (Å²) in [5.41, 5.74) is 4.69. The molecule has 6 nitrogen and oxygen atoms in total. The molecule has 4 aromatic rings. The molecule has 1 saturated heterocycles. The number of aromatic nitrogens is 5. The van der Waals surface area contributed by atoms with Crippen LogP contribution >= 0.6 is 0 Å². The molecule has 1 aliphatic rings. The van der Waals surface area contributed by atoms with Crippen molar-refractivity contribution in [3.8, 4) is 11.3 Å². The van der Waals surface area contributed by atoms with E-state index in [2.05, 4.69) is 61.1 Å². The van der Waals surface area contributed by atoms with E-state index in [9.17, 15) is 0 Å². The molecule has 0 unspecified atom stereocenters. The van der Waals surface area contributed by atoms with E-state index in [4.69, 9.17) is 0 Å². The van der Waals surface area contributed by atoms with Crippen LogP contribution in [0.25, 0.3) is 16.9 Å². The van der Waals surface area contributed by atoms with Gasteiger partial charge in [-0.15, -0.1) is 10.2 Å². The first-order valence-corrected chi connectivity index (χ1v) is 9.88. The maximum absolute atomic E-state index is 4.50. The van der Waals surface area contributed by atoms with Crippen molar-refractivity contribution in [1.29, 1.82) is 0 Å². The highest BCUT2D eigenvalue weighted by Gasteiger charge is 2.25. The van der Waals surface area contributed by atoms with Crippen molar-refractivity contribution in [3.05, 3.63) is 72.3 Å². The number of hydrogen-bond donors (Lipinski definition) is 0. The number of aryl methyl sites for hydroxylation is 1. The lowest BCUT2D eigenvalue weighted by Crippen LogP contribution is -2.34. The molecule has 0 saturated carbocycles. The van der Waals surface area contributed by atoms with Crippen molar-refractivity contribution < 1.29 is 0 Å². The molecule has 4 heterocycles. The number of piperidine rings is 1. The van der Waals surface area contributed by atoms with Crippen LogP contribution in [0.2, 0.25) is 0 Å². The molecule has 0 spiro atoms. The molecule has 0 bridgehead atoms. The Hall–Kier alpha value is -2.99. The van der Waals surface area contributed by atoms with Crippen molar-refractivity contribution >= 4 is 5.65 Å². The second kappa shape index (κ2) is 7.20. The third-order valence-electron chi connectivity index (χ3n) is 5.72. The Morgan fingerprint density at radius 3 is 2.82 bits per heavy atom. The summed E-state index contributed by atoms with van der Waals surface area (Å²) in [6, 6.07) is 16.8. The lowest BCUT2D eigenvalue weighted by Gasteiger charge is -2.32. The third-order valence-corrected chi connectivity index (χ3v) is 5.72. The van der Waals surface area contributed by atoms with Gasteiger partial charge in [-0.1, -0.05) is 30.3 Å². The zero-order valence-electron chi connectivity index (χ0n) is 16.1. The minimum absolute atomic E-state index is 0.412. The van der Waals surface area contributed by atoms with Crippen molar-refractivity contribution in [2.24, 2.45) is 7.05 Å². The molecule has 5 rings (SSSR count). The fourth-order valence-electron chi connectivity index (χ4n) is 4.34. The van der Waals surface area contributed by atoms with Gasteiger partial charge in [0.25, 0.3) is 0 Å². The molecular formula is C22H24N6. The molecule has 0 N–H and O–H groups in total. The van der Waals surface area contributed by atoms with Crippen LogP contribution in [0.15, 0.2) is 60.9 Å². The largest absolute Gasteiger partial charge is 0.298 e. The Morgan fingerprint density at radius 2 is 1.93 bits per heavy atom. The minimum atomic E-state index is 0.412. The van der Waals surface area contributed by atoms with E-state index < -0.39 is 0 Å². The quantitative estimate of drug-likeness (QED) is 0.550. The van der Waals surface area contributed by atoms with Gasteiger partial charge in [0.05, 0.1) is 5.69 Å². The average Bonchev–Trinajstić information content (AvgIpc) is 3.35. The van der Waals surface area contributed by atoms with Crippen molar-refractivity contribution in [1.82, 2.24) is 29.3 Å². The zero-order valence-corrected chi connectivity index (χ0v) is 16.1. The number of nitrogens with zero attached hydrogens (tertiary/aromatic N) is 6. The van der Waals surface area contributed by atoms with Crippen LogP contribution in [0.1, 0.15) is 30.1 Å². The topological polar surface area (TPSA) is 51.2 Å². The fraction of sp³-hybridized carbons (Fsp3) is 0.318. The third kappa shape index (κ3) is 3.10. The van der Waals surface area contributed by atoms with Crippen LogP contribution in [0.5, 0.6) is 0 Å². The molecule has 3 aromatic heterocycles. The Balaban J connectivity index is 1.39. The monoisotopic (exact) mass is 372 g/mol. The summed E-state index contributed by atoms with van der Waals surface area (Å²) >= 11 is 0. The van der Waals surface area contributed by atoms with Crippen molar-refractivity contribution in [2.45, 2.75) is 25.3 Å². The lowest BCUT2D eigenvalue weighted by atomic mass is 9.96. The molecule has 142 valence electrons. The highest BCUT2D eigenvalue weighted by atomic mass is 15.3. The van der Waals surface area contributed by atoms with E-state index in [1.54, 1.807) is 0 Å². The highest BCUT2D eigenvalue weighted by Crippen LogP contribution is 2.29. The number of fused-ring (bicyclic) bond motifs is 1. The molecular weight excluding hydrogens is 348 g/mol. The standard InChI is InChI=1S/C22H24N6/c1-26-20(11-12-23-26)19-9-3-2-7-17(19)15-27-13-6-8-18(16-27)22-25-24-21-10-4-5-14-28(21)22/h2-5,7,9-12,14,18H,6,8,13,15-16H2,1H3/t18-/m1/s1. The molecule has 0 amide bonds. The Labute approximate surface area is 164 Å². The van der Waals surface area contributed by atoms with Gasteiger partial charge in [-0.25, -0.2) is 0 Å². The second-order valence-electron chi connectivity index (χ2n) is 7.56. The number of rotatable bonds is 4. The minimum Gasteiger partial charge on any atom is -0.298 e. The second-order valence-corrected chi connectivity index (χ2v) is 7.56. The normalized spacial score (nSPS) is 18.0. The van der Waals surface area contributed by atoms with Gasteiger partial charge in [0.15, 0.2) is 5.65 Å². The maximum atomic E-state index is 4.50. The van der Waals surface area contributed by atoms with E-state index >= 15 is 0 Å². The summed E-state index contributed by atoms with van der Waals surface area (Å²) in [5.74, 6) is 1.50. The van der Waals surface area contributed by atoms with Gasteiger partial charge < -0.3 is 0 Å². The Bertz CT molecular complexity index is 1100. The SMILES string of the molecule is Cn1nccc1-c1ccccc1CN1CCC[C@@H](c2nnc3ccccn23)C1. The summed E-state index contributed by atoms with van der Waals surface area (Å²) < 4.78 is 4.08. The zero-order chi connectivity index (χ0) is 18.9. The first-order valence-electron chi connectivity index (χ1n) is 9.88. The number of likely N-dealkylation sites (tertiary alicyclic amines) is 1. The van der Waals surface area contributed by atoms with E-state index in [1.165, 1.54) is 17.5 Å². The van der Waals surface area contributed by atoms with Gasteiger partial charge in [0.1, 0.15) is 5.82 Å². The molecule has 6 heteroatoms. The summed E-state index contributed by atoms with van der Waals surface area (Å²) in [4.78, 5) is 2.55. The molecule has 0 aliphatic carbocycles. The van der Waals surface area contributed by atoms with Gasteiger partial charge in [-0.3, -0.25) is 14.0 Å². The average molecular weight is 372 g/mol. The van der Waals surface area contributed by atoms with Gasteiger partial charge in [0, 0.05) is 44.0 Å². The summed E-state index contributed by atoms with van der Waals surface area (Å²) in [7, 11) is 2.00.